The van der Waals surface area contributed by atoms with E-state index in [0.717, 1.165) is 43.5 Å². The van der Waals surface area contributed by atoms with Gasteiger partial charge < -0.3 is 10.3 Å². The molecule has 1 aromatic heterocycles. The summed E-state index contributed by atoms with van der Waals surface area (Å²) >= 11 is 0. The Morgan fingerprint density at radius 1 is 1.35 bits per heavy atom. The summed E-state index contributed by atoms with van der Waals surface area (Å²) in [6.07, 6.45) is 3.40. The van der Waals surface area contributed by atoms with Crippen LogP contribution in [0.5, 0.6) is 0 Å². The number of rotatable bonds is 3. The monoisotopic (exact) mass is 270 g/mol. The van der Waals surface area contributed by atoms with Crippen LogP contribution in [-0.2, 0) is 19.5 Å². The second-order valence-electron chi connectivity index (χ2n) is 5.77. The molecule has 0 radical (unpaired) electrons. The maximum Gasteiger partial charge on any atom is 0.240 e. The Morgan fingerprint density at radius 2 is 2.25 bits per heavy atom. The quantitative estimate of drug-likeness (QED) is 0.865. The zero-order chi connectivity index (χ0) is 13.5. The van der Waals surface area contributed by atoms with Gasteiger partial charge in [-0.3, -0.25) is 4.90 Å². The third-order valence-electron chi connectivity index (χ3n) is 4.17. The molecular weight excluding hydrogens is 252 g/mol. The summed E-state index contributed by atoms with van der Waals surface area (Å²) in [5.74, 6) is 2.18. The van der Waals surface area contributed by atoms with Crippen molar-refractivity contribution >= 4 is 5.69 Å². The van der Waals surface area contributed by atoms with Gasteiger partial charge in [0.2, 0.25) is 5.89 Å². The van der Waals surface area contributed by atoms with E-state index in [9.17, 15) is 0 Å². The van der Waals surface area contributed by atoms with Gasteiger partial charge in [-0.05, 0) is 36.5 Å². The normalized spacial score (nSPS) is 19.0. The summed E-state index contributed by atoms with van der Waals surface area (Å²) in [5.41, 5.74) is 9.55. The third kappa shape index (κ3) is 2.18. The van der Waals surface area contributed by atoms with Gasteiger partial charge in [0, 0.05) is 24.7 Å². The molecule has 1 fully saturated rings. The Balaban J connectivity index is 1.47. The molecule has 2 heterocycles. The predicted molar refractivity (Wildman–Crippen MR) is 74.9 cm³/mol. The van der Waals surface area contributed by atoms with Crippen LogP contribution in [-0.4, -0.2) is 21.6 Å². The summed E-state index contributed by atoms with van der Waals surface area (Å²) in [7, 11) is 0. The highest BCUT2D eigenvalue weighted by atomic mass is 16.5. The van der Waals surface area contributed by atoms with E-state index in [1.54, 1.807) is 0 Å². The Bertz CT molecular complexity index is 633. The van der Waals surface area contributed by atoms with E-state index >= 15 is 0 Å². The van der Waals surface area contributed by atoms with E-state index in [1.165, 1.54) is 24.0 Å². The second kappa shape index (κ2) is 4.59. The lowest BCUT2D eigenvalue weighted by Crippen LogP contribution is -2.30. The number of nitrogens with two attached hydrogens (primary N) is 1. The van der Waals surface area contributed by atoms with Crippen LogP contribution < -0.4 is 5.73 Å². The molecule has 0 saturated heterocycles. The molecule has 5 heteroatoms. The first-order chi connectivity index (χ1) is 9.79. The largest absolute Gasteiger partial charge is 0.398 e. The minimum atomic E-state index is 0.550. The van der Waals surface area contributed by atoms with E-state index in [0.29, 0.717) is 5.92 Å². The molecule has 0 amide bonds. The molecule has 1 aromatic carbocycles. The van der Waals surface area contributed by atoms with Gasteiger partial charge in [0.05, 0.1) is 6.54 Å². The number of anilines is 1. The minimum Gasteiger partial charge on any atom is -0.398 e. The van der Waals surface area contributed by atoms with Crippen molar-refractivity contribution in [2.24, 2.45) is 0 Å². The summed E-state index contributed by atoms with van der Waals surface area (Å²) < 4.78 is 5.35. The number of benzene rings is 1. The third-order valence-corrected chi connectivity index (χ3v) is 4.17. The lowest BCUT2D eigenvalue weighted by molar-refractivity contribution is 0.210. The van der Waals surface area contributed by atoms with Crippen molar-refractivity contribution in [1.82, 2.24) is 15.0 Å². The summed E-state index contributed by atoms with van der Waals surface area (Å²) in [4.78, 5) is 6.83. The van der Waals surface area contributed by atoms with Crippen LogP contribution in [0.25, 0.3) is 0 Å². The average molecular weight is 270 g/mol. The Kier molecular flexibility index (Phi) is 2.73. The van der Waals surface area contributed by atoms with Crippen LogP contribution in [0, 0.1) is 0 Å². The van der Waals surface area contributed by atoms with Crippen molar-refractivity contribution in [2.45, 2.75) is 38.3 Å². The predicted octanol–water partition coefficient (Wildman–Crippen LogP) is 2.09. The summed E-state index contributed by atoms with van der Waals surface area (Å²) in [6, 6.07) is 6.16. The first-order valence-corrected chi connectivity index (χ1v) is 7.20. The van der Waals surface area contributed by atoms with Crippen molar-refractivity contribution in [3.05, 3.63) is 41.0 Å². The van der Waals surface area contributed by atoms with Gasteiger partial charge in [0.1, 0.15) is 0 Å². The van der Waals surface area contributed by atoms with E-state index in [1.807, 2.05) is 12.1 Å². The van der Waals surface area contributed by atoms with Crippen LogP contribution in [0.3, 0.4) is 0 Å². The van der Waals surface area contributed by atoms with Crippen molar-refractivity contribution in [3.8, 4) is 0 Å². The molecular formula is C15H18N4O. The molecule has 0 spiro atoms. The summed E-state index contributed by atoms with van der Waals surface area (Å²) in [6.45, 7) is 2.62. The van der Waals surface area contributed by atoms with Gasteiger partial charge in [0.15, 0.2) is 5.82 Å². The Labute approximate surface area is 117 Å². The molecule has 0 bridgehead atoms. The number of nitrogen functional groups attached to an aromatic ring is 1. The van der Waals surface area contributed by atoms with Crippen molar-refractivity contribution in [1.29, 1.82) is 0 Å². The van der Waals surface area contributed by atoms with Crippen LogP contribution in [0.2, 0.25) is 0 Å². The fourth-order valence-electron chi connectivity index (χ4n) is 2.86. The first kappa shape index (κ1) is 11.9. The van der Waals surface area contributed by atoms with Gasteiger partial charge in [-0.2, -0.15) is 4.98 Å². The lowest BCUT2D eigenvalue weighted by Gasteiger charge is -2.28. The van der Waals surface area contributed by atoms with Crippen molar-refractivity contribution < 1.29 is 4.52 Å². The number of hydrogen-bond donors (Lipinski definition) is 1. The average Bonchev–Trinajstić information content (AvgIpc) is 3.20. The van der Waals surface area contributed by atoms with Gasteiger partial charge >= 0.3 is 0 Å². The topological polar surface area (TPSA) is 68.2 Å². The smallest absolute Gasteiger partial charge is 0.240 e. The molecule has 1 aliphatic heterocycles. The fourth-order valence-corrected chi connectivity index (χ4v) is 2.86. The highest BCUT2D eigenvalue weighted by Gasteiger charge is 2.29. The number of nitrogens with zero attached hydrogens (tertiary/aromatic N) is 3. The van der Waals surface area contributed by atoms with Gasteiger partial charge in [-0.15, -0.1) is 0 Å². The standard InChI is InChI=1S/C15H18N4O/c16-13-3-1-2-11-8-19(7-6-12(11)13)9-14-17-15(18-20-14)10-4-5-10/h1-3,10H,4-9,16H2. The second-order valence-corrected chi connectivity index (χ2v) is 5.77. The van der Waals surface area contributed by atoms with Gasteiger partial charge in [0.25, 0.3) is 0 Å². The maximum atomic E-state index is 6.02. The van der Waals surface area contributed by atoms with Crippen LogP contribution >= 0.6 is 0 Å². The highest BCUT2D eigenvalue weighted by molar-refractivity contribution is 5.51. The van der Waals surface area contributed by atoms with Crippen LogP contribution in [0.4, 0.5) is 5.69 Å². The van der Waals surface area contributed by atoms with Crippen molar-refractivity contribution in [3.63, 3.8) is 0 Å². The molecule has 104 valence electrons. The first-order valence-electron chi connectivity index (χ1n) is 7.20. The molecule has 1 saturated carbocycles. The minimum absolute atomic E-state index is 0.550. The number of hydrogen-bond acceptors (Lipinski definition) is 5. The number of aromatic nitrogens is 2. The van der Waals surface area contributed by atoms with Crippen LogP contribution in [0.15, 0.2) is 22.7 Å². The Hall–Kier alpha value is -1.88. The molecule has 0 atom stereocenters. The molecule has 4 rings (SSSR count). The van der Waals surface area contributed by atoms with Gasteiger partial charge in [-0.25, -0.2) is 0 Å². The molecule has 0 unspecified atom stereocenters. The molecule has 5 nitrogen and oxygen atoms in total. The van der Waals surface area contributed by atoms with Crippen molar-refractivity contribution in [2.75, 3.05) is 12.3 Å². The van der Waals surface area contributed by atoms with E-state index < -0.39 is 0 Å². The highest BCUT2D eigenvalue weighted by Crippen LogP contribution is 2.38. The molecule has 1 aliphatic carbocycles. The number of fused-ring (bicyclic) bond motifs is 1. The maximum absolute atomic E-state index is 6.02. The Morgan fingerprint density at radius 3 is 3.10 bits per heavy atom. The zero-order valence-corrected chi connectivity index (χ0v) is 11.4. The fraction of sp³-hybridized carbons (Fsp3) is 0.467. The molecule has 2 aliphatic rings. The zero-order valence-electron chi connectivity index (χ0n) is 11.4. The van der Waals surface area contributed by atoms with E-state index in [4.69, 9.17) is 10.3 Å². The molecule has 2 N–H and O–H groups in total. The molecule has 2 aromatic rings. The van der Waals surface area contributed by atoms with E-state index in [-0.39, 0.29) is 0 Å². The van der Waals surface area contributed by atoms with Crippen LogP contribution in [0.1, 0.15) is 41.6 Å². The van der Waals surface area contributed by atoms with Gasteiger partial charge in [-0.1, -0.05) is 17.3 Å². The summed E-state index contributed by atoms with van der Waals surface area (Å²) in [5, 5.41) is 4.07. The SMILES string of the molecule is Nc1cccc2c1CCN(Cc1nc(C3CC3)no1)C2. The lowest BCUT2D eigenvalue weighted by atomic mass is 9.98. The molecule has 20 heavy (non-hydrogen) atoms. The van der Waals surface area contributed by atoms with E-state index in [2.05, 4.69) is 21.1 Å².